The van der Waals surface area contributed by atoms with E-state index in [1.165, 1.54) is 0 Å². The Morgan fingerprint density at radius 3 is 2.61 bits per heavy atom. The van der Waals surface area contributed by atoms with Gasteiger partial charge in [-0.15, -0.1) is 5.10 Å². The number of halogens is 1. The Bertz CT molecular complexity index is 661. The number of anilines is 2. The summed E-state index contributed by atoms with van der Waals surface area (Å²) in [5, 5.41) is 6.74. The van der Waals surface area contributed by atoms with Crippen LogP contribution in [0, 0.1) is 5.92 Å². The quantitative estimate of drug-likeness (QED) is 0.835. The molecule has 2 heterocycles. The number of H-pyrrole nitrogens is 1. The molecule has 0 amide bonds. The van der Waals surface area contributed by atoms with Crippen LogP contribution in [0.4, 0.5) is 11.9 Å². The van der Waals surface area contributed by atoms with E-state index in [0.29, 0.717) is 36.4 Å². The van der Waals surface area contributed by atoms with Crippen LogP contribution in [0.2, 0.25) is 0 Å². The first-order chi connectivity index (χ1) is 11.1. The SMILES string of the molecule is Nc1nc(N2CCC(CC(=O)Cc3ccc(Br)cc3)CC2)n[nH]1. The highest BCUT2D eigenvalue weighted by Crippen LogP contribution is 2.24. The van der Waals surface area contributed by atoms with Crippen molar-refractivity contribution < 1.29 is 4.79 Å². The number of Topliss-reactive ketones (excluding diaryl/α,β-unsaturated/α-hetero) is 1. The standard InChI is InChI=1S/C16H20BrN5O/c17-13-3-1-11(2-4-13)9-14(23)10-12-5-7-22(8-6-12)16-19-15(18)20-21-16/h1-4,12H,5-10H2,(H3,18,19,20,21). The molecule has 0 unspecified atom stereocenters. The van der Waals surface area contributed by atoms with Gasteiger partial charge >= 0.3 is 0 Å². The first-order valence-corrected chi connectivity index (χ1v) is 8.58. The van der Waals surface area contributed by atoms with Gasteiger partial charge in [-0.25, -0.2) is 5.10 Å². The Kier molecular flexibility index (Phi) is 4.95. The van der Waals surface area contributed by atoms with Crippen LogP contribution in [-0.4, -0.2) is 34.1 Å². The molecule has 23 heavy (non-hydrogen) atoms. The van der Waals surface area contributed by atoms with Crippen molar-refractivity contribution in [3.63, 3.8) is 0 Å². The molecule has 1 saturated heterocycles. The average Bonchev–Trinajstić information content (AvgIpc) is 2.97. The van der Waals surface area contributed by atoms with Crippen molar-refractivity contribution >= 4 is 33.6 Å². The highest BCUT2D eigenvalue weighted by molar-refractivity contribution is 9.10. The van der Waals surface area contributed by atoms with E-state index in [-0.39, 0.29) is 0 Å². The molecule has 0 radical (unpaired) electrons. The summed E-state index contributed by atoms with van der Waals surface area (Å²) in [6, 6.07) is 7.95. The monoisotopic (exact) mass is 377 g/mol. The number of piperidine rings is 1. The number of hydrogen-bond donors (Lipinski definition) is 2. The van der Waals surface area contributed by atoms with E-state index in [1.54, 1.807) is 0 Å². The number of nitrogens with zero attached hydrogens (tertiary/aromatic N) is 3. The number of nitrogens with two attached hydrogens (primary N) is 1. The lowest BCUT2D eigenvalue weighted by atomic mass is 9.90. The molecule has 0 aliphatic carbocycles. The molecule has 3 rings (SSSR count). The largest absolute Gasteiger partial charge is 0.368 e. The van der Waals surface area contributed by atoms with Gasteiger partial charge in [0.15, 0.2) is 0 Å². The molecular formula is C16H20BrN5O. The van der Waals surface area contributed by atoms with Crippen LogP contribution in [0.25, 0.3) is 0 Å². The summed E-state index contributed by atoms with van der Waals surface area (Å²) in [5.74, 6) is 1.76. The molecule has 1 aliphatic heterocycles. The van der Waals surface area contributed by atoms with E-state index >= 15 is 0 Å². The van der Waals surface area contributed by atoms with Crippen LogP contribution in [0.15, 0.2) is 28.7 Å². The van der Waals surface area contributed by atoms with Gasteiger partial charge in [0.2, 0.25) is 11.9 Å². The van der Waals surface area contributed by atoms with E-state index in [4.69, 9.17) is 5.73 Å². The predicted molar refractivity (Wildman–Crippen MR) is 93.2 cm³/mol. The number of carbonyl (C=O) groups excluding carboxylic acids is 1. The maximum atomic E-state index is 12.2. The van der Waals surface area contributed by atoms with Crippen molar-refractivity contribution in [2.24, 2.45) is 5.92 Å². The number of benzene rings is 1. The van der Waals surface area contributed by atoms with Crippen LogP contribution in [0.5, 0.6) is 0 Å². The Balaban J connectivity index is 1.46. The number of rotatable bonds is 5. The van der Waals surface area contributed by atoms with Crippen LogP contribution in [0.3, 0.4) is 0 Å². The number of aromatic nitrogens is 3. The van der Waals surface area contributed by atoms with E-state index in [2.05, 4.69) is 36.0 Å². The minimum absolute atomic E-state index is 0.313. The van der Waals surface area contributed by atoms with Crippen molar-refractivity contribution in [3.05, 3.63) is 34.3 Å². The summed E-state index contributed by atoms with van der Waals surface area (Å²) in [4.78, 5) is 18.5. The molecule has 0 spiro atoms. The van der Waals surface area contributed by atoms with Gasteiger partial charge in [0.25, 0.3) is 0 Å². The summed E-state index contributed by atoms with van der Waals surface area (Å²) in [6.07, 6.45) is 3.14. The molecule has 3 N–H and O–H groups in total. The van der Waals surface area contributed by atoms with Gasteiger partial charge in [0.05, 0.1) is 0 Å². The zero-order chi connectivity index (χ0) is 16.2. The highest BCUT2D eigenvalue weighted by atomic mass is 79.9. The zero-order valence-electron chi connectivity index (χ0n) is 12.8. The smallest absolute Gasteiger partial charge is 0.246 e. The Morgan fingerprint density at radius 2 is 2.00 bits per heavy atom. The maximum Gasteiger partial charge on any atom is 0.246 e. The van der Waals surface area contributed by atoms with Crippen LogP contribution in [0.1, 0.15) is 24.8 Å². The summed E-state index contributed by atoms with van der Waals surface area (Å²) < 4.78 is 1.04. The van der Waals surface area contributed by atoms with Crippen molar-refractivity contribution in [2.45, 2.75) is 25.7 Å². The Labute approximate surface area is 143 Å². The summed E-state index contributed by atoms with van der Waals surface area (Å²) in [5.41, 5.74) is 6.63. The van der Waals surface area contributed by atoms with Gasteiger partial charge in [-0.05, 0) is 36.5 Å². The predicted octanol–water partition coefficient (Wildman–Crippen LogP) is 2.57. The van der Waals surface area contributed by atoms with Crippen molar-refractivity contribution in [3.8, 4) is 0 Å². The topological polar surface area (TPSA) is 87.9 Å². The number of nitrogen functional groups attached to an aromatic ring is 1. The highest BCUT2D eigenvalue weighted by Gasteiger charge is 2.23. The summed E-state index contributed by atoms with van der Waals surface area (Å²) >= 11 is 3.41. The molecule has 0 bridgehead atoms. The molecule has 1 aromatic heterocycles. The molecule has 6 nitrogen and oxygen atoms in total. The van der Waals surface area contributed by atoms with Gasteiger partial charge in [0, 0.05) is 30.4 Å². The lowest BCUT2D eigenvalue weighted by molar-refractivity contribution is -0.119. The summed E-state index contributed by atoms with van der Waals surface area (Å²) in [6.45, 7) is 1.74. The Hall–Kier alpha value is -1.89. The van der Waals surface area contributed by atoms with E-state index < -0.39 is 0 Å². The normalized spacial score (nSPS) is 15.8. The average molecular weight is 378 g/mol. The van der Waals surface area contributed by atoms with Crippen LogP contribution < -0.4 is 10.6 Å². The molecule has 7 heteroatoms. The first kappa shape index (κ1) is 16.0. The Morgan fingerprint density at radius 1 is 1.30 bits per heavy atom. The number of ketones is 1. The van der Waals surface area contributed by atoms with Crippen LogP contribution in [-0.2, 0) is 11.2 Å². The van der Waals surface area contributed by atoms with Gasteiger partial charge in [-0.3, -0.25) is 4.79 Å². The molecule has 1 fully saturated rings. The molecule has 122 valence electrons. The molecule has 2 aromatic rings. The minimum atomic E-state index is 0.313. The third-order valence-corrected chi connectivity index (χ3v) is 4.75. The number of carbonyl (C=O) groups is 1. The first-order valence-electron chi connectivity index (χ1n) is 7.79. The van der Waals surface area contributed by atoms with Crippen molar-refractivity contribution in [2.75, 3.05) is 23.7 Å². The van der Waals surface area contributed by atoms with Gasteiger partial charge < -0.3 is 10.6 Å². The fourth-order valence-electron chi connectivity index (χ4n) is 2.97. The fourth-order valence-corrected chi connectivity index (χ4v) is 3.23. The molecule has 0 saturated carbocycles. The van der Waals surface area contributed by atoms with E-state index in [9.17, 15) is 4.79 Å². The minimum Gasteiger partial charge on any atom is -0.368 e. The number of hydrogen-bond acceptors (Lipinski definition) is 5. The van der Waals surface area contributed by atoms with Gasteiger partial charge in [-0.1, -0.05) is 28.1 Å². The lowest BCUT2D eigenvalue weighted by Crippen LogP contribution is -2.35. The second-order valence-corrected chi connectivity index (χ2v) is 6.91. The van der Waals surface area contributed by atoms with E-state index in [1.807, 2.05) is 24.3 Å². The second-order valence-electron chi connectivity index (χ2n) is 6.00. The third-order valence-electron chi connectivity index (χ3n) is 4.22. The molecule has 0 atom stereocenters. The van der Waals surface area contributed by atoms with Crippen molar-refractivity contribution in [1.82, 2.24) is 15.2 Å². The molecule has 1 aromatic carbocycles. The lowest BCUT2D eigenvalue weighted by Gasteiger charge is -2.30. The van der Waals surface area contributed by atoms with E-state index in [0.717, 1.165) is 36.0 Å². The molecular weight excluding hydrogens is 358 g/mol. The summed E-state index contributed by atoms with van der Waals surface area (Å²) in [7, 11) is 0. The third kappa shape index (κ3) is 4.31. The maximum absolute atomic E-state index is 12.2. The van der Waals surface area contributed by atoms with Gasteiger partial charge in [-0.2, -0.15) is 4.98 Å². The molecule has 1 aliphatic rings. The van der Waals surface area contributed by atoms with Crippen molar-refractivity contribution in [1.29, 1.82) is 0 Å². The fraction of sp³-hybridized carbons (Fsp3) is 0.438. The second kappa shape index (κ2) is 7.12. The van der Waals surface area contributed by atoms with Gasteiger partial charge in [0.1, 0.15) is 5.78 Å². The zero-order valence-corrected chi connectivity index (χ0v) is 14.4. The number of nitrogens with one attached hydrogen (secondary N) is 1. The number of aromatic amines is 1. The van der Waals surface area contributed by atoms with Crippen LogP contribution >= 0.6 is 15.9 Å².